The Balaban J connectivity index is 2.75. The summed E-state index contributed by atoms with van der Waals surface area (Å²) < 4.78 is 23.3. The highest BCUT2D eigenvalue weighted by atomic mass is 32.2. The molecule has 0 amide bonds. The largest absolute Gasteiger partial charge is 0.219 e. The zero-order chi connectivity index (χ0) is 10.3. The highest BCUT2D eigenvalue weighted by molar-refractivity contribution is 7.95. The van der Waals surface area contributed by atoms with Crippen LogP contribution < -0.4 is 0 Å². The molecule has 0 saturated heterocycles. The van der Waals surface area contributed by atoms with Crippen LogP contribution in [0.5, 0.6) is 0 Å². The Hall–Kier alpha value is -0.740. The summed E-state index contributed by atoms with van der Waals surface area (Å²) in [6.45, 7) is 1.88. The maximum atomic E-state index is 11.7. The van der Waals surface area contributed by atoms with Gasteiger partial charge in [0.25, 0.3) is 0 Å². The molecule has 0 spiro atoms. The van der Waals surface area contributed by atoms with Gasteiger partial charge in [0.15, 0.2) is 0 Å². The maximum absolute atomic E-state index is 11.7. The lowest BCUT2D eigenvalue weighted by atomic mass is 10.1. The highest BCUT2D eigenvalue weighted by Gasteiger charge is 2.25. The molecule has 1 aliphatic heterocycles. The van der Waals surface area contributed by atoms with Crippen LogP contribution in [0.1, 0.15) is 11.1 Å². The summed E-state index contributed by atoms with van der Waals surface area (Å²) in [4.78, 5) is 0.418. The average molecular weight is 226 g/mol. The van der Waals surface area contributed by atoms with Gasteiger partial charge in [0, 0.05) is 11.2 Å². The molecule has 0 unspecified atom stereocenters. The number of thiol groups is 1. The Morgan fingerprint density at radius 1 is 1.36 bits per heavy atom. The molecule has 1 aromatic rings. The van der Waals surface area contributed by atoms with E-state index in [1.54, 1.807) is 6.07 Å². The summed E-state index contributed by atoms with van der Waals surface area (Å²) in [5, 5.41) is 1.31. The molecule has 74 valence electrons. The van der Waals surface area contributed by atoms with Gasteiger partial charge in [0.1, 0.15) is 0 Å². The Morgan fingerprint density at radius 2 is 2.07 bits per heavy atom. The van der Waals surface area contributed by atoms with Gasteiger partial charge < -0.3 is 0 Å². The van der Waals surface area contributed by atoms with Gasteiger partial charge in [-0.15, -0.1) is 0 Å². The average Bonchev–Trinajstić information content (AvgIpc) is 2.38. The van der Waals surface area contributed by atoms with E-state index in [1.165, 1.54) is 5.41 Å². The van der Waals surface area contributed by atoms with E-state index in [0.717, 1.165) is 16.7 Å². The van der Waals surface area contributed by atoms with Crippen LogP contribution in [0.3, 0.4) is 0 Å². The van der Waals surface area contributed by atoms with E-state index in [4.69, 9.17) is 0 Å². The van der Waals surface area contributed by atoms with Gasteiger partial charge in [0.05, 0.1) is 4.90 Å². The molecule has 0 N–H and O–H groups in total. The first-order chi connectivity index (χ1) is 6.54. The number of hydrogen-bond acceptors (Lipinski definition) is 3. The molecule has 14 heavy (non-hydrogen) atoms. The van der Waals surface area contributed by atoms with Crippen molar-refractivity contribution >= 4 is 28.0 Å². The van der Waals surface area contributed by atoms with Crippen LogP contribution in [0.15, 0.2) is 28.5 Å². The second kappa shape index (κ2) is 3.14. The Bertz CT molecular complexity index is 513. The van der Waals surface area contributed by atoms with E-state index in [2.05, 4.69) is 12.6 Å². The van der Waals surface area contributed by atoms with Crippen molar-refractivity contribution in [3.8, 4) is 0 Å². The van der Waals surface area contributed by atoms with Crippen LogP contribution in [0.2, 0.25) is 0 Å². The first-order valence-corrected chi connectivity index (χ1v) is 6.40. The van der Waals surface area contributed by atoms with Crippen molar-refractivity contribution in [2.45, 2.75) is 11.8 Å². The number of fused-ring (bicyclic) bond motifs is 1. The summed E-state index contributed by atoms with van der Waals surface area (Å²) in [5.41, 5.74) is 2.54. The van der Waals surface area contributed by atoms with Gasteiger partial charge in [-0.1, -0.05) is 12.1 Å². The van der Waals surface area contributed by atoms with E-state index < -0.39 is 9.84 Å². The van der Waals surface area contributed by atoms with Gasteiger partial charge in [-0.2, -0.15) is 12.6 Å². The molecule has 1 heterocycles. The smallest absolute Gasteiger partial charge is 0.200 e. The fourth-order valence-electron chi connectivity index (χ4n) is 1.57. The summed E-state index contributed by atoms with van der Waals surface area (Å²) in [7, 11) is -3.20. The van der Waals surface area contributed by atoms with Crippen molar-refractivity contribution in [1.82, 2.24) is 0 Å². The number of hydrogen-bond donors (Lipinski definition) is 1. The molecular weight excluding hydrogens is 216 g/mol. The van der Waals surface area contributed by atoms with Crippen LogP contribution >= 0.6 is 12.6 Å². The van der Waals surface area contributed by atoms with Crippen LogP contribution in [-0.4, -0.2) is 14.2 Å². The van der Waals surface area contributed by atoms with Crippen molar-refractivity contribution in [1.29, 1.82) is 0 Å². The van der Waals surface area contributed by atoms with Gasteiger partial charge in [-0.25, -0.2) is 8.42 Å². The third kappa shape index (κ3) is 1.38. The molecule has 0 atom stereocenters. The topological polar surface area (TPSA) is 34.1 Å². The van der Waals surface area contributed by atoms with Crippen molar-refractivity contribution in [2.75, 3.05) is 5.75 Å². The quantitative estimate of drug-likeness (QED) is 0.744. The third-order valence-corrected chi connectivity index (χ3v) is 4.14. The van der Waals surface area contributed by atoms with Gasteiger partial charge in [-0.05, 0) is 29.7 Å². The standard InChI is InChI=1S/C10H10O2S2/c1-7-2-3-9-8(5-13)6-14(11,12)10(9)4-7/h2-4,6,13H,5H2,1H3. The second-order valence-corrected chi connectivity index (χ2v) is 5.43. The van der Waals surface area contributed by atoms with E-state index in [9.17, 15) is 8.42 Å². The van der Waals surface area contributed by atoms with Gasteiger partial charge >= 0.3 is 0 Å². The first-order valence-electron chi connectivity index (χ1n) is 4.22. The number of sulfone groups is 1. The summed E-state index contributed by atoms with van der Waals surface area (Å²) >= 11 is 4.11. The van der Waals surface area contributed by atoms with Crippen LogP contribution in [0, 0.1) is 6.92 Å². The normalized spacial score (nSPS) is 17.7. The predicted octanol–water partition coefficient (Wildman–Crippen LogP) is 2.05. The predicted molar refractivity (Wildman–Crippen MR) is 60.2 cm³/mol. The lowest BCUT2D eigenvalue weighted by Gasteiger charge is -2.02. The number of rotatable bonds is 1. The molecule has 0 fully saturated rings. The fraction of sp³-hybridized carbons (Fsp3) is 0.200. The highest BCUT2D eigenvalue weighted by Crippen LogP contribution is 2.34. The summed E-state index contributed by atoms with van der Waals surface area (Å²) in [6.07, 6.45) is 0. The lowest BCUT2D eigenvalue weighted by Crippen LogP contribution is -1.93. The van der Waals surface area contributed by atoms with E-state index in [-0.39, 0.29) is 0 Å². The monoisotopic (exact) mass is 226 g/mol. The molecule has 1 aliphatic rings. The number of aryl methyl sites for hydroxylation is 1. The molecule has 0 aliphatic carbocycles. The molecule has 0 radical (unpaired) electrons. The van der Waals surface area contributed by atoms with Crippen LogP contribution in [0.4, 0.5) is 0 Å². The van der Waals surface area contributed by atoms with Crippen molar-refractivity contribution in [2.24, 2.45) is 0 Å². The third-order valence-electron chi connectivity index (χ3n) is 2.26. The molecule has 2 rings (SSSR count). The maximum Gasteiger partial charge on any atom is 0.200 e. The van der Waals surface area contributed by atoms with Crippen molar-refractivity contribution in [3.63, 3.8) is 0 Å². The molecule has 2 nitrogen and oxygen atoms in total. The minimum Gasteiger partial charge on any atom is -0.219 e. The SMILES string of the molecule is Cc1ccc2c(c1)S(=O)(=O)C=C2CS. The summed E-state index contributed by atoms with van der Waals surface area (Å²) in [6, 6.07) is 5.46. The fourth-order valence-corrected chi connectivity index (χ4v) is 3.52. The van der Waals surface area contributed by atoms with Crippen molar-refractivity contribution in [3.05, 3.63) is 34.7 Å². The summed E-state index contributed by atoms with van der Waals surface area (Å²) in [5.74, 6) is 0.454. The Morgan fingerprint density at radius 3 is 2.71 bits per heavy atom. The Kier molecular flexibility index (Phi) is 2.20. The minimum absolute atomic E-state index is 0.418. The molecule has 0 bridgehead atoms. The van der Waals surface area contributed by atoms with E-state index in [1.807, 2.05) is 19.1 Å². The number of benzene rings is 1. The zero-order valence-corrected chi connectivity index (χ0v) is 9.40. The molecule has 1 aromatic carbocycles. The molecular formula is C10H10O2S2. The van der Waals surface area contributed by atoms with Crippen LogP contribution in [-0.2, 0) is 9.84 Å². The van der Waals surface area contributed by atoms with Crippen LogP contribution in [0.25, 0.3) is 5.57 Å². The molecule has 4 heteroatoms. The first kappa shape index (κ1) is 9.80. The minimum atomic E-state index is -3.20. The van der Waals surface area contributed by atoms with Crippen molar-refractivity contribution < 1.29 is 8.42 Å². The molecule has 0 saturated carbocycles. The van der Waals surface area contributed by atoms with Gasteiger partial charge in [0.2, 0.25) is 9.84 Å². The van der Waals surface area contributed by atoms with E-state index in [0.29, 0.717) is 10.6 Å². The van der Waals surface area contributed by atoms with Gasteiger partial charge in [-0.3, -0.25) is 0 Å². The lowest BCUT2D eigenvalue weighted by molar-refractivity contribution is 0.605. The zero-order valence-electron chi connectivity index (χ0n) is 7.69. The second-order valence-electron chi connectivity index (χ2n) is 3.35. The van der Waals surface area contributed by atoms with E-state index >= 15 is 0 Å². The molecule has 0 aromatic heterocycles. The Labute approximate surface area is 89.0 Å².